The maximum absolute atomic E-state index is 12.3. The van der Waals surface area contributed by atoms with Crippen LogP contribution in [0.25, 0.3) is 6.08 Å². The van der Waals surface area contributed by atoms with Crippen LogP contribution in [0.4, 0.5) is 5.69 Å². The van der Waals surface area contributed by atoms with Gasteiger partial charge in [-0.3, -0.25) is 9.48 Å². The minimum atomic E-state index is -0.210. The number of benzene rings is 2. The predicted molar refractivity (Wildman–Crippen MR) is 111 cm³/mol. The van der Waals surface area contributed by atoms with Gasteiger partial charge in [0.05, 0.1) is 23.6 Å². The largest absolute Gasteiger partial charge is 0.319 e. The molecule has 27 heavy (non-hydrogen) atoms. The van der Waals surface area contributed by atoms with E-state index in [4.69, 9.17) is 23.2 Å². The Hall–Kier alpha value is -2.56. The molecule has 1 N–H and O–H groups in total. The third kappa shape index (κ3) is 5.00. The molecule has 0 aliphatic carbocycles. The van der Waals surface area contributed by atoms with Crippen LogP contribution in [0.2, 0.25) is 10.0 Å². The highest BCUT2D eigenvalue weighted by atomic mass is 35.5. The maximum Gasteiger partial charge on any atom is 0.248 e. The topological polar surface area (TPSA) is 46.9 Å². The van der Waals surface area contributed by atoms with Crippen LogP contribution in [0, 0.1) is 13.8 Å². The Kier molecular flexibility index (Phi) is 5.99. The molecule has 3 aromatic rings. The second-order valence-corrected chi connectivity index (χ2v) is 7.08. The number of aromatic nitrogens is 2. The molecular weight excluding hydrogens is 381 g/mol. The first-order valence-corrected chi connectivity index (χ1v) is 9.21. The average molecular weight is 400 g/mol. The van der Waals surface area contributed by atoms with Gasteiger partial charge in [0.2, 0.25) is 5.91 Å². The van der Waals surface area contributed by atoms with Gasteiger partial charge >= 0.3 is 0 Å². The van der Waals surface area contributed by atoms with Gasteiger partial charge in [0.15, 0.2) is 0 Å². The van der Waals surface area contributed by atoms with Crippen LogP contribution in [0.1, 0.15) is 22.5 Å². The Bertz CT molecular complexity index is 991. The highest BCUT2D eigenvalue weighted by Crippen LogP contribution is 2.21. The Balaban J connectivity index is 1.72. The monoisotopic (exact) mass is 399 g/mol. The third-order valence-electron chi connectivity index (χ3n) is 4.15. The lowest BCUT2D eigenvalue weighted by molar-refractivity contribution is -0.111. The zero-order chi connectivity index (χ0) is 19.4. The summed E-state index contributed by atoms with van der Waals surface area (Å²) >= 11 is 11.9. The van der Waals surface area contributed by atoms with Gasteiger partial charge in [0.1, 0.15) is 0 Å². The van der Waals surface area contributed by atoms with Crippen molar-refractivity contribution in [3.05, 3.63) is 87.2 Å². The summed E-state index contributed by atoms with van der Waals surface area (Å²) in [4.78, 5) is 12.3. The van der Waals surface area contributed by atoms with E-state index in [1.54, 1.807) is 18.2 Å². The van der Waals surface area contributed by atoms with E-state index in [-0.39, 0.29) is 5.91 Å². The van der Waals surface area contributed by atoms with E-state index in [0.29, 0.717) is 16.6 Å². The van der Waals surface area contributed by atoms with Gasteiger partial charge in [-0.2, -0.15) is 5.10 Å². The molecule has 6 heteroatoms. The lowest BCUT2D eigenvalue weighted by Gasteiger charge is -2.06. The first-order chi connectivity index (χ1) is 12.9. The van der Waals surface area contributed by atoms with Crippen LogP contribution in [0.15, 0.2) is 54.6 Å². The summed E-state index contributed by atoms with van der Waals surface area (Å²) in [7, 11) is 0. The summed E-state index contributed by atoms with van der Waals surface area (Å²) < 4.78 is 1.86. The number of halogens is 2. The van der Waals surface area contributed by atoms with Gasteiger partial charge in [0.25, 0.3) is 0 Å². The Morgan fingerprint density at radius 3 is 2.56 bits per heavy atom. The van der Waals surface area contributed by atoms with Crippen molar-refractivity contribution in [2.75, 3.05) is 5.32 Å². The van der Waals surface area contributed by atoms with E-state index in [0.717, 1.165) is 28.2 Å². The molecule has 0 saturated heterocycles. The van der Waals surface area contributed by atoms with Crippen LogP contribution in [0.3, 0.4) is 0 Å². The fourth-order valence-corrected chi connectivity index (χ4v) is 3.09. The number of hydrogen-bond acceptors (Lipinski definition) is 2. The van der Waals surface area contributed by atoms with Crippen LogP contribution < -0.4 is 5.32 Å². The third-order valence-corrected chi connectivity index (χ3v) is 4.64. The Morgan fingerprint density at radius 2 is 1.85 bits per heavy atom. The molecule has 0 bridgehead atoms. The number of nitrogens with zero attached hydrogens (tertiary/aromatic N) is 2. The number of amides is 1. The maximum atomic E-state index is 12.3. The normalized spacial score (nSPS) is 11.1. The quantitative estimate of drug-likeness (QED) is 0.575. The van der Waals surface area contributed by atoms with E-state index < -0.39 is 0 Å². The van der Waals surface area contributed by atoms with Gasteiger partial charge in [-0.1, -0.05) is 47.5 Å². The predicted octanol–water partition coefficient (Wildman–Crippen LogP) is 5.51. The molecule has 0 fully saturated rings. The number of rotatable bonds is 5. The van der Waals surface area contributed by atoms with E-state index >= 15 is 0 Å². The van der Waals surface area contributed by atoms with E-state index in [2.05, 4.69) is 10.4 Å². The number of anilines is 1. The van der Waals surface area contributed by atoms with Gasteiger partial charge in [-0.25, -0.2) is 0 Å². The standard InChI is InChI=1S/C21H19Cl2N3O/c1-14-21(24-20(27)11-8-16-6-9-18(22)10-7-16)15(2)26(25-14)13-17-4-3-5-19(23)12-17/h3-12H,13H2,1-2H3,(H,24,27)/b11-8+. The van der Waals surface area contributed by atoms with Crippen molar-refractivity contribution in [1.29, 1.82) is 0 Å². The molecule has 0 aliphatic heterocycles. The molecular formula is C21H19Cl2N3O. The summed E-state index contributed by atoms with van der Waals surface area (Å²) in [5.74, 6) is -0.210. The second kappa shape index (κ2) is 8.42. The molecule has 1 aromatic heterocycles. The summed E-state index contributed by atoms with van der Waals surface area (Å²) in [5.41, 5.74) is 4.33. The molecule has 0 aliphatic rings. The Morgan fingerprint density at radius 1 is 1.11 bits per heavy atom. The summed E-state index contributed by atoms with van der Waals surface area (Å²) in [5, 5.41) is 8.80. The lowest BCUT2D eigenvalue weighted by Crippen LogP contribution is -2.10. The van der Waals surface area contributed by atoms with Crippen LogP contribution in [-0.2, 0) is 11.3 Å². The number of carbonyl (C=O) groups excluding carboxylic acids is 1. The van der Waals surface area contributed by atoms with Crippen molar-refractivity contribution in [2.45, 2.75) is 20.4 Å². The molecule has 2 aromatic carbocycles. The molecule has 1 heterocycles. The summed E-state index contributed by atoms with van der Waals surface area (Å²) in [6, 6.07) is 14.9. The molecule has 0 saturated carbocycles. The zero-order valence-corrected chi connectivity index (χ0v) is 16.6. The van der Waals surface area contributed by atoms with Crippen LogP contribution in [-0.4, -0.2) is 15.7 Å². The van der Waals surface area contributed by atoms with Gasteiger partial charge in [-0.05, 0) is 55.3 Å². The highest BCUT2D eigenvalue weighted by molar-refractivity contribution is 6.30. The molecule has 138 valence electrons. The lowest BCUT2D eigenvalue weighted by atomic mass is 10.2. The molecule has 1 amide bonds. The minimum absolute atomic E-state index is 0.210. The number of aryl methyl sites for hydroxylation is 1. The van der Waals surface area contributed by atoms with Crippen molar-refractivity contribution in [1.82, 2.24) is 9.78 Å². The highest BCUT2D eigenvalue weighted by Gasteiger charge is 2.13. The fourth-order valence-electron chi connectivity index (χ4n) is 2.75. The number of carbonyl (C=O) groups is 1. The van der Waals surface area contributed by atoms with Gasteiger partial charge < -0.3 is 5.32 Å². The Labute approximate surface area is 168 Å². The van der Waals surface area contributed by atoms with Crippen molar-refractivity contribution >= 4 is 40.9 Å². The van der Waals surface area contributed by atoms with E-state index in [1.165, 1.54) is 6.08 Å². The van der Waals surface area contributed by atoms with Crippen molar-refractivity contribution < 1.29 is 4.79 Å². The molecule has 3 rings (SSSR count). The van der Waals surface area contributed by atoms with E-state index in [9.17, 15) is 4.79 Å². The van der Waals surface area contributed by atoms with E-state index in [1.807, 2.05) is 54.9 Å². The minimum Gasteiger partial charge on any atom is -0.319 e. The molecule has 0 spiro atoms. The first-order valence-electron chi connectivity index (χ1n) is 8.45. The number of hydrogen-bond donors (Lipinski definition) is 1. The smallest absolute Gasteiger partial charge is 0.248 e. The number of nitrogens with one attached hydrogen (secondary N) is 1. The zero-order valence-electron chi connectivity index (χ0n) is 15.0. The molecule has 0 unspecified atom stereocenters. The average Bonchev–Trinajstić information content (AvgIpc) is 2.89. The SMILES string of the molecule is Cc1nn(Cc2cccc(Cl)c2)c(C)c1NC(=O)/C=C/c1ccc(Cl)cc1. The molecule has 0 radical (unpaired) electrons. The van der Waals surface area contributed by atoms with Crippen molar-refractivity contribution in [3.8, 4) is 0 Å². The summed E-state index contributed by atoms with van der Waals surface area (Å²) in [6.45, 7) is 4.40. The van der Waals surface area contributed by atoms with Crippen molar-refractivity contribution in [3.63, 3.8) is 0 Å². The fraction of sp³-hybridized carbons (Fsp3) is 0.143. The molecule has 4 nitrogen and oxygen atoms in total. The van der Waals surface area contributed by atoms with Crippen LogP contribution >= 0.6 is 23.2 Å². The first kappa shape index (κ1) is 19.2. The van der Waals surface area contributed by atoms with Gasteiger partial charge in [-0.15, -0.1) is 0 Å². The van der Waals surface area contributed by atoms with Crippen LogP contribution in [0.5, 0.6) is 0 Å². The summed E-state index contributed by atoms with van der Waals surface area (Å²) in [6.07, 6.45) is 3.24. The molecule has 0 atom stereocenters. The second-order valence-electron chi connectivity index (χ2n) is 6.21. The van der Waals surface area contributed by atoms with Gasteiger partial charge in [0, 0.05) is 16.1 Å². The van der Waals surface area contributed by atoms with Crippen molar-refractivity contribution in [2.24, 2.45) is 0 Å².